The van der Waals surface area contributed by atoms with Crippen LogP contribution in [0, 0.1) is 12.7 Å². The predicted octanol–water partition coefficient (Wildman–Crippen LogP) is 1.07. The van der Waals surface area contributed by atoms with Crippen LogP contribution < -0.4 is 0 Å². The minimum atomic E-state index is -0.414. The van der Waals surface area contributed by atoms with E-state index in [4.69, 9.17) is 0 Å². The molecule has 2 aromatic rings. The first-order valence-corrected chi connectivity index (χ1v) is 6.63. The van der Waals surface area contributed by atoms with Crippen molar-refractivity contribution in [2.24, 2.45) is 0 Å². The summed E-state index contributed by atoms with van der Waals surface area (Å²) in [4.78, 5) is 13.5. The molecule has 5 nitrogen and oxygen atoms in total. The SMILES string of the molecule is [CH2]c1c(F)cccc1-c1cnn(CC(=O)N2CC(O)C2)c1. The van der Waals surface area contributed by atoms with Crippen LogP contribution in [0.2, 0.25) is 0 Å². The summed E-state index contributed by atoms with van der Waals surface area (Å²) in [6.07, 6.45) is 2.86. The first-order chi connectivity index (χ1) is 10.0. The molecule has 1 saturated heterocycles. The van der Waals surface area contributed by atoms with Gasteiger partial charge in [-0.1, -0.05) is 12.1 Å². The van der Waals surface area contributed by atoms with Crippen molar-refractivity contribution in [3.05, 3.63) is 48.9 Å². The molecule has 1 N–H and O–H groups in total. The highest BCUT2D eigenvalue weighted by molar-refractivity contribution is 5.77. The van der Waals surface area contributed by atoms with Crippen LogP contribution in [-0.4, -0.2) is 44.9 Å². The summed E-state index contributed by atoms with van der Waals surface area (Å²) in [5, 5.41) is 13.3. The lowest BCUT2D eigenvalue weighted by Crippen LogP contribution is -2.54. The van der Waals surface area contributed by atoms with Gasteiger partial charge in [-0.15, -0.1) is 0 Å². The van der Waals surface area contributed by atoms with Crippen molar-refractivity contribution in [3.63, 3.8) is 0 Å². The third-order valence-electron chi connectivity index (χ3n) is 3.58. The van der Waals surface area contributed by atoms with Gasteiger partial charge in [-0.05, 0) is 24.1 Å². The molecule has 6 heteroatoms. The Morgan fingerprint density at radius 3 is 2.95 bits per heavy atom. The standard InChI is InChI=1S/C15H15FN3O2/c1-10-13(3-2-4-14(10)16)11-5-17-19(6-11)9-15(21)18-7-12(20)8-18/h2-6,12,20H,1,7-9H2. The number of hydrogen-bond acceptors (Lipinski definition) is 3. The Bertz CT molecular complexity index is 677. The zero-order chi connectivity index (χ0) is 15.0. The normalized spacial score (nSPS) is 15.1. The molecular weight excluding hydrogens is 273 g/mol. The fourth-order valence-corrected chi connectivity index (χ4v) is 2.32. The number of rotatable bonds is 3. The van der Waals surface area contributed by atoms with Gasteiger partial charge < -0.3 is 10.0 Å². The molecular formula is C15H15FN3O2. The number of hydrogen-bond donors (Lipinski definition) is 1. The molecule has 1 fully saturated rings. The Morgan fingerprint density at radius 2 is 2.24 bits per heavy atom. The Hall–Kier alpha value is -2.21. The third kappa shape index (κ3) is 2.67. The van der Waals surface area contributed by atoms with E-state index in [0.717, 1.165) is 5.56 Å². The lowest BCUT2D eigenvalue weighted by Gasteiger charge is -2.35. The molecule has 1 aliphatic rings. The number of aliphatic hydroxyl groups is 1. The third-order valence-corrected chi connectivity index (χ3v) is 3.58. The quantitative estimate of drug-likeness (QED) is 0.919. The molecule has 0 saturated carbocycles. The van der Waals surface area contributed by atoms with Gasteiger partial charge in [-0.3, -0.25) is 9.48 Å². The number of halogens is 1. The lowest BCUT2D eigenvalue weighted by atomic mass is 10.0. The number of amides is 1. The second-order valence-corrected chi connectivity index (χ2v) is 5.15. The largest absolute Gasteiger partial charge is 0.389 e. The first-order valence-electron chi connectivity index (χ1n) is 6.63. The van der Waals surface area contributed by atoms with Crippen molar-refractivity contribution in [2.45, 2.75) is 12.6 Å². The highest BCUT2D eigenvalue weighted by Gasteiger charge is 2.28. The van der Waals surface area contributed by atoms with Crippen molar-refractivity contribution in [3.8, 4) is 11.1 Å². The Balaban J connectivity index is 1.74. The van der Waals surface area contributed by atoms with E-state index in [-0.39, 0.29) is 18.3 Å². The van der Waals surface area contributed by atoms with Crippen LogP contribution in [-0.2, 0) is 11.3 Å². The van der Waals surface area contributed by atoms with Crippen molar-refractivity contribution >= 4 is 5.91 Å². The number of benzene rings is 1. The molecule has 1 amide bonds. The van der Waals surface area contributed by atoms with E-state index in [0.29, 0.717) is 24.2 Å². The summed E-state index contributed by atoms with van der Waals surface area (Å²) >= 11 is 0. The Morgan fingerprint density at radius 1 is 1.48 bits per heavy atom. The molecule has 109 valence electrons. The monoisotopic (exact) mass is 288 g/mol. The minimum Gasteiger partial charge on any atom is -0.389 e. The van der Waals surface area contributed by atoms with Gasteiger partial charge in [0, 0.05) is 24.8 Å². The van der Waals surface area contributed by atoms with E-state index in [2.05, 4.69) is 12.0 Å². The summed E-state index contributed by atoms with van der Waals surface area (Å²) in [6.45, 7) is 4.57. The van der Waals surface area contributed by atoms with E-state index in [9.17, 15) is 14.3 Å². The minimum absolute atomic E-state index is 0.0935. The van der Waals surface area contributed by atoms with Gasteiger partial charge in [0.15, 0.2) is 0 Å². The highest BCUT2D eigenvalue weighted by atomic mass is 19.1. The maximum atomic E-state index is 13.5. The number of aliphatic hydroxyl groups excluding tert-OH is 1. The van der Waals surface area contributed by atoms with Crippen LogP contribution in [0.1, 0.15) is 5.56 Å². The first kappa shape index (κ1) is 13.8. The zero-order valence-electron chi connectivity index (χ0n) is 11.4. The molecule has 0 aliphatic carbocycles. The number of β-amino-alcohol motifs (C(OH)–C–C–N with tert-alkyl or cyclic N) is 1. The summed E-state index contributed by atoms with van der Waals surface area (Å²) in [5.41, 5.74) is 1.69. The van der Waals surface area contributed by atoms with E-state index in [1.807, 2.05) is 0 Å². The lowest BCUT2D eigenvalue weighted by molar-refractivity contribution is -0.142. The van der Waals surface area contributed by atoms with Crippen LogP contribution in [0.5, 0.6) is 0 Å². The maximum absolute atomic E-state index is 13.5. The average molecular weight is 288 g/mol. The van der Waals surface area contributed by atoms with E-state index in [1.165, 1.54) is 10.7 Å². The van der Waals surface area contributed by atoms with Gasteiger partial charge in [0.25, 0.3) is 0 Å². The molecule has 1 aliphatic heterocycles. The molecule has 3 rings (SSSR count). The predicted molar refractivity (Wildman–Crippen MR) is 74.7 cm³/mol. The smallest absolute Gasteiger partial charge is 0.244 e. The summed E-state index contributed by atoms with van der Waals surface area (Å²) in [7, 11) is 0. The van der Waals surface area contributed by atoms with E-state index >= 15 is 0 Å². The maximum Gasteiger partial charge on any atom is 0.244 e. The van der Waals surface area contributed by atoms with Crippen LogP contribution in [0.15, 0.2) is 30.6 Å². The highest BCUT2D eigenvalue weighted by Crippen LogP contribution is 2.24. The van der Waals surface area contributed by atoms with Crippen LogP contribution in [0.25, 0.3) is 11.1 Å². The molecule has 2 heterocycles. The fourth-order valence-electron chi connectivity index (χ4n) is 2.32. The van der Waals surface area contributed by atoms with Gasteiger partial charge in [0.2, 0.25) is 5.91 Å². The topological polar surface area (TPSA) is 58.4 Å². The van der Waals surface area contributed by atoms with Crippen LogP contribution in [0.4, 0.5) is 4.39 Å². The van der Waals surface area contributed by atoms with E-state index < -0.39 is 6.10 Å². The van der Waals surface area contributed by atoms with Crippen molar-refractivity contribution in [2.75, 3.05) is 13.1 Å². The van der Waals surface area contributed by atoms with Crippen LogP contribution in [0.3, 0.4) is 0 Å². The Kier molecular flexibility index (Phi) is 3.47. The summed E-state index contributed by atoms with van der Waals surface area (Å²) in [5.74, 6) is -0.463. The second-order valence-electron chi connectivity index (χ2n) is 5.15. The molecule has 0 atom stereocenters. The van der Waals surface area contributed by atoms with Gasteiger partial charge in [-0.2, -0.15) is 5.10 Å². The average Bonchev–Trinajstić information content (AvgIpc) is 2.86. The zero-order valence-corrected chi connectivity index (χ0v) is 11.4. The van der Waals surface area contributed by atoms with Crippen molar-refractivity contribution < 1.29 is 14.3 Å². The van der Waals surface area contributed by atoms with Crippen molar-refractivity contribution in [1.29, 1.82) is 0 Å². The van der Waals surface area contributed by atoms with Gasteiger partial charge in [0.1, 0.15) is 12.4 Å². The van der Waals surface area contributed by atoms with E-state index in [1.54, 1.807) is 29.4 Å². The van der Waals surface area contributed by atoms with Gasteiger partial charge >= 0.3 is 0 Å². The van der Waals surface area contributed by atoms with Crippen molar-refractivity contribution in [1.82, 2.24) is 14.7 Å². The molecule has 0 unspecified atom stereocenters. The molecule has 1 aromatic carbocycles. The number of carbonyl (C=O) groups excluding carboxylic acids is 1. The van der Waals surface area contributed by atoms with Crippen LogP contribution >= 0.6 is 0 Å². The number of aromatic nitrogens is 2. The molecule has 1 aromatic heterocycles. The molecule has 1 radical (unpaired) electrons. The molecule has 0 bridgehead atoms. The summed E-state index contributed by atoms with van der Waals surface area (Å²) in [6, 6.07) is 4.73. The summed E-state index contributed by atoms with van der Waals surface area (Å²) < 4.78 is 15.0. The van der Waals surface area contributed by atoms with Gasteiger partial charge in [-0.25, -0.2) is 4.39 Å². The fraction of sp³-hybridized carbons (Fsp3) is 0.267. The Labute approximate surface area is 121 Å². The molecule has 0 spiro atoms. The molecule has 21 heavy (non-hydrogen) atoms. The number of carbonyl (C=O) groups is 1. The number of likely N-dealkylation sites (tertiary alicyclic amines) is 1. The number of nitrogens with zero attached hydrogens (tertiary/aromatic N) is 3. The van der Waals surface area contributed by atoms with Gasteiger partial charge in [0.05, 0.1) is 12.3 Å². The second kappa shape index (κ2) is 5.29.